The molecule has 0 saturated carbocycles. The van der Waals surface area contributed by atoms with Crippen molar-refractivity contribution in [3.8, 4) is 5.75 Å². The summed E-state index contributed by atoms with van der Waals surface area (Å²) in [5, 5.41) is 3.57. The second kappa shape index (κ2) is 8.20. The lowest BCUT2D eigenvalue weighted by atomic mass is 9.98. The van der Waals surface area contributed by atoms with Crippen molar-refractivity contribution in [3.05, 3.63) is 64.1 Å². The third-order valence-electron chi connectivity index (χ3n) is 3.40. The minimum atomic E-state index is 0.263. The van der Waals surface area contributed by atoms with Crippen LogP contribution in [-0.2, 0) is 6.42 Å². The van der Waals surface area contributed by atoms with Crippen molar-refractivity contribution < 1.29 is 4.74 Å². The molecule has 0 bridgehead atoms. The Morgan fingerprint density at radius 2 is 1.76 bits per heavy atom. The summed E-state index contributed by atoms with van der Waals surface area (Å²) in [6.45, 7) is 5.78. The van der Waals surface area contributed by atoms with E-state index in [0.29, 0.717) is 6.61 Å². The predicted molar refractivity (Wildman–Crippen MR) is 91.9 cm³/mol. The Hall–Kier alpha value is -1.32. The van der Waals surface area contributed by atoms with Crippen LogP contribution in [0.5, 0.6) is 5.75 Å². The third-order valence-corrected chi connectivity index (χ3v) is 3.93. The van der Waals surface area contributed by atoms with Crippen molar-refractivity contribution >= 4 is 15.9 Å². The van der Waals surface area contributed by atoms with Gasteiger partial charge in [-0.3, -0.25) is 0 Å². The van der Waals surface area contributed by atoms with Gasteiger partial charge in [0, 0.05) is 16.1 Å². The second-order valence-corrected chi connectivity index (χ2v) is 5.83. The quantitative estimate of drug-likeness (QED) is 0.780. The summed E-state index contributed by atoms with van der Waals surface area (Å²) in [7, 11) is 0. The zero-order valence-corrected chi connectivity index (χ0v) is 14.2. The van der Waals surface area contributed by atoms with Gasteiger partial charge in [-0.15, -0.1) is 0 Å². The van der Waals surface area contributed by atoms with Crippen LogP contribution < -0.4 is 10.1 Å². The van der Waals surface area contributed by atoms with Gasteiger partial charge in [0.2, 0.25) is 0 Å². The molecule has 2 aromatic carbocycles. The van der Waals surface area contributed by atoms with E-state index in [2.05, 4.69) is 64.6 Å². The fourth-order valence-electron chi connectivity index (χ4n) is 2.45. The van der Waals surface area contributed by atoms with E-state index in [4.69, 9.17) is 4.74 Å². The summed E-state index contributed by atoms with van der Waals surface area (Å²) in [5.74, 6) is 0.975. The van der Waals surface area contributed by atoms with Crippen LogP contribution in [0.3, 0.4) is 0 Å². The van der Waals surface area contributed by atoms with E-state index in [-0.39, 0.29) is 6.04 Å². The standard InChI is InChI=1S/C18H22BrNO/c1-3-20-17(13-14-9-11-15(19)12-10-14)16-7-5-6-8-18(16)21-4-2/h5-12,17,20H,3-4,13H2,1-2H3. The van der Waals surface area contributed by atoms with Gasteiger partial charge in [0.05, 0.1) is 6.61 Å². The minimum absolute atomic E-state index is 0.263. The molecule has 2 nitrogen and oxygen atoms in total. The first-order valence-corrected chi connectivity index (χ1v) is 8.23. The van der Waals surface area contributed by atoms with Gasteiger partial charge in [-0.05, 0) is 43.7 Å². The van der Waals surface area contributed by atoms with Gasteiger partial charge in [0.1, 0.15) is 5.75 Å². The first-order valence-electron chi connectivity index (χ1n) is 7.44. The molecule has 0 aliphatic carbocycles. The van der Waals surface area contributed by atoms with Crippen LogP contribution in [0.25, 0.3) is 0 Å². The van der Waals surface area contributed by atoms with Crippen LogP contribution >= 0.6 is 15.9 Å². The normalized spacial score (nSPS) is 12.1. The maximum absolute atomic E-state index is 5.77. The highest BCUT2D eigenvalue weighted by Crippen LogP contribution is 2.28. The molecule has 1 unspecified atom stereocenters. The molecule has 1 N–H and O–H groups in total. The van der Waals surface area contributed by atoms with E-state index in [1.54, 1.807) is 0 Å². The van der Waals surface area contributed by atoms with Crippen molar-refractivity contribution in [2.45, 2.75) is 26.3 Å². The van der Waals surface area contributed by atoms with Crippen LogP contribution in [0, 0.1) is 0 Å². The summed E-state index contributed by atoms with van der Waals surface area (Å²) < 4.78 is 6.89. The molecule has 0 aromatic heterocycles. The van der Waals surface area contributed by atoms with Crippen molar-refractivity contribution in [1.82, 2.24) is 5.32 Å². The zero-order valence-electron chi connectivity index (χ0n) is 12.6. The van der Waals surface area contributed by atoms with E-state index in [9.17, 15) is 0 Å². The van der Waals surface area contributed by atoms with Crippen LogP contribution in [0.15, 0.2) is 53.0 Å². The molecule has 0 aliphatic heterocycles. The molecular weight excluding hydrogens is 326 g/mol. The average Bonchev–Trinajstić information content (AvgIpc) is 2.50. The number of benzene rings is 2. The molecule has 3 heteroatoms. The largest absolute Gasteiger partial charge is 0.494 e. The summed E-state index contributed by atoms with van der Waals surface area (Å²) in [6.07, 6.45) is 0.950. The van der Waals surface area contributed by atoms with Gasteiger partial charge in [0.15, 0.2) is 0 Å². The molecule has 1 atom stereocenters. The molecule has 21 heavy (non-hydrogen) atoms. The lowest BCUT2D eigenvalue weighted by Gasteiger charge is -2.21. The second-order valence-electron chi connectivity index (χ2n) is 4.91. The highest BCUT2D eigenvalue weighted by atomic mass is 79.9. The summed E-state index contributed by atoms with van der Waals surface area (Å²) >= 11 is 3.48. The molecule has 0 amide bonds. The average molecular weight is 348 g/mol. The SMILES string of the molecule is CCNC(Cc1ccc(Br)cc1)c1ccccc1OCC. The Kier molecular flexibility index (Phi) is 6.27. The smallest absolute Gasteiger partial charge is 0.124 e. The van der Waals surface area contributed by atoms with Gasteiger partial charge in [-0.25, -0.2) is 0 Å². The van der Waals surface area contributed by atoms with E-state index < -0.39 is 0 Å². The highest BCUT2D eigenvalue weighted by molar-refractivity contribution is 9.10. The molecule has 0 fully saturated rings. The van der Waals surface area contributed by atoms with Crippen LogP contribution in [-0.4, -0.2) is 13.2 Å². The van der Waals surface area contributed by atoms with Gasteiger partial charge < -0.3 is 10.1 Å². The maximum atomic E-state index is 5.77. The topological polar surface area (TPSA) is 21.3 Å². The monoisotopic (exact) mass is 347 g/mol. The molecule has 0 radical (unpaired) electrons. The van der Waals surface area contributed by atoms with Crippen molar-refractivity contribution in [1.29, 1.82) is 0 Å². The van der Waals surface area contributed by atoms with Crippen molar-refractivity contribution in [3.63, 3.8) is 0 Å². The van der Waals surface area contributed by atoms with Gasteiger partial charge in [-0.2, -0.15) is 0 Å². The molecule has 0 spiro atoms. The first-order chi connectivity index (χ1) is 10.2. The fraction of sp³-hybridized carbons (Fsp3) is 0.333. The first kappa shape index (κ1) is 16.1. The molecule has 2 rings (SSSR count). The number of hydrogen-bond acceptors (Lipinski definition) is 2. The van der Waals surface area contributed by atoms with E-state index in [1.165, 1.54) is 11.1 Å². The minimum Gasteiger partial charge on any atom is -0.494 e. The van der Waals surface area contributed by atoms with Crippen LogP contribution in [0.2, 0.25) is 0 Å². The number of nitrogens with one attached hydrogen (secondary N) is 1. The molecule has 0 aliphatic rings. The summed E-state index contributed by atoms with van der Waals surface area (Å²) in [6, 6.07) is 17.1. The Bertz CT molecular complexity index is 553. The lowest BCUT2D eigenvalue weighted by Crippen LogP contribution is -2.23. The maximum Gasteiger partial charge on any atom is 0.124 e. The number of para-hydroxylation sites is 1. The van der Waals surface area contributed by atoms with Crippen molar-refractivity contribution in [2.75, 3.05) is 13.2 Å². The molecular formula is C18H22BrNO. The Balaban J connectivity index is 2.24. The molecule has 0 saturated heterocycles. The molecule has 0 heterocycles. The number of ether oxygens (including phenoxy) is 1. The zero-order chi connectivity index (χ0) is 15.1. The molecule has 2 aromatic rings. The summed E-state index contributed by atoms with van der Waals surface area (Å²) in [4.78, 5) is 0. The third kappa shape index (κ3) is 4.58. The van der Waals surface area contributed by atoms with Gasteiger partial charge in [-0.1, -0.05) is 53.2 Å². The Morgan fingerprint density at radius 1 is 1.05 bits per heavy atom. The fourth-order valence-corrected chi connectivity index (χ4v) is 2.71. The van der Waals surface area contributed by atoms with Gasteiger partial charge >= 0.3 is 0 Å². The van der Waals surface area contributed by atoms with Crippen molar-refractivity contribution in [2.24, 2.45) is 0 Å². The number of hydrogen-bond donors (Lipinski definition) is 1. The van der Waals surface area contributed by atoms with E-state index >= 15 is 0 Å². The number of rotatable bonds is 7. The van der Waals surface area contributed by atoms with Gasteiger partial charge in [0.25, 0.3) is 0 Å². The number of halogens is 1. The van der Waals surface area contributed by atoms with Crippen LogP contribution in [0.1, 0.15) is 31.0 Å². The van der Waals surface area contributed by atoms with Crippen LogP contribution in [0.4, 0.5) is 0 Å². The summed E-state index contributed by atoms with van der Waals surface area (Å²) in [5.41, 5.74) is 2.54. The predicted octanol–water partition coefficient (Wildman–Crippen LogP) is 4.74. The Labute approximate surface area is 135 Å². The number of likely N-dealkylation sites (N-methyl/N-ethyl adjacent to an activating group) is 1. The highest BCUT2D eigenvalue weighted by Gasteiger charge is 2.15. The lowest BCUT2D eigenvalue weighted by molar-refractivity contribution is 0.331. The molecule has 112 valence electrons. The van der Waals surface area contributed by atoms with E-state index in [1.807, 2.05) is 19.1 Å². The Morgan fingerprint density at radius 3 is 2.43 bits per heavy atom. The van der Waals surface area contributed by atoms with E-state index in [0.717, 1.165) is 23.2 Å².